The number of hydrogen-bond donors (Lipinski definition) is 1. The number of likely N-dealkylation sites (N-methyl/N-ethyl adjacent to an activating group) is 2. The Hall–Kier alpha value is -1.85. The summed E-state index contributed by atoms with van der Waals surface area (Å²) >= 11 is 0. The molecule has 0 atom stereocenters. The normalized spacial score (nSPS) is 10.4. The van der Waals surface area contributed by atoms with E-state index in [2.05, 4.69) is 10.5 Å². The fraction of sp³-hybridized carbons (Fsp3) is 0.643. The highest BCUT2D eigenvalue weighted by Gasteiger charge is 2.17. The van der Waals surface area contributed by atoms with Crippen molar-refractivity contribution < 1.29 is 14.1 Å². The first-order valence-corrected chi connectivity index (χ1v) is 6.95. The molecule has 112 valence electrons. The lowest BCUT2D eigenvalue weighted by Crippen LogP contribution is -2.40. The Kier molecular flexibility index (Phi) is 6.21. The summed E-state index contributed by atoms with van der Waals surface area (Å²) in [6, 6.07) is 0. The first kappa shape index (κ1) is 16.2. The number of carbonyl (C=O) groups is 2. The first-order valence-electron chi connectivity index (χ1n) is 6.95. The lowest BCUT2D eigenvalue weighted by molar-refractivity contribution is -0.135. The van der Waals surface area contributed by atoms with E-state index in [0.29, 0.717) is 25.9 Å². The highest BCUT2D eigenvalue weighted by molar-refractivity contribution is 5.84. The van der Waals surface area contributed by atoms with Gasteiger partial charge in [-0.15, -0.1) is 0 Å². The highest BCUT2D eigenvalue weighted by atomic mass is 16.5. The minimum absolute atomic E-state index is 0.0289. The summed E-state index contributed by atoms with van der Waals surface area (Å²) in [4.78, 5) is 25.2. The molecule has 0 spiro atoms. The summed E-state index contributed by atoms with van der Waals surface area (Å²) < 4.78 is 5.07. The monoisotopic (exact) mass is 281 g/mol. The molecule has 6 heteroatoms. The maximum absolute atomic E-state index is 12.1. The number of aromatic nitrogens is 1. The van der Waals surface area contributed by atoms with Gasteiger partial charge in [0.15, 0.2) is 0 Å². The number of nitrogens with one attached hydrogen (secondary N) is 1. The molecule has 0 aromatic carbocycles. The molecule has 0 saturated carbocycles. The summed E-state index contributed by atoms with van der Waals surface area (Å²) in [6.07, 6.45) is 0.946. The standard InChI is InChI=1S/C14H23N3O3/c1-5-15-13(18)9-17(6-2)14(19)8-7-12-10(3)16-20-11(12)4/h5-9H2,1-4H3,(H,15,18). The summed E-state index contributed by atoms with van der Waals surface area (Å²) in [7, 11) is 0. The fourth-order valence-corrected chi connectivity index (χ4v) is 2.05. The topological polar surface area (TPSA) is 75.4 Å². The Bertz CT molecular complexity index is 449. The van der Waals surface area contributed by atoms with Crippen LogP contribution in [-0.4, -0.2) is 41.5 Å². The molecule has 0 radical (unpaired) electrons. The lowest BCUT2D eigenvalue weighted by atomic mass is 10.1. The van der Waals surface area contributed by atoms with Crippen molar-refractivity contribution in [1.82, 2.24) is 15.4 Å². The van der Waals surface area contributed by atoms with E-state index in [1.54, 1.807) is 4.90 Å². The van der Waals surface area contributed by atoms with Crippen molar-refractivity contribution >= 4 is 11.8 Å². The van der Waals surface area contributed by atoms with Gasteiger partial charge in [-0.3, -0.25) is 9.59 Å². The third kappa shape index (κ3) is 4.36. The SMILES string of the molecule is CCNC(=O)CN(CC)C(=O)CCc1c(C)noc1C. The smallest absolute Gasteiger partial charge is 0.239 e. The van der Waals surface area contributed by atoms with Gasteiger partial charge in [-0.25, -0.2) is 0 Å². The van der Waals surface area contributed by atoms with Gasteiger partial charge in [0.1, 0.15) is 5.76 Å². The highest BCUT2D eigenvalue weighted by Crippen LogP contribution is 2.14. The molecule has 2 amide bonds. The number of rotatable bonds is 7. The molecule has 20 heavy (non-hydrogen) atoms. The van der Waals surface area contributed by atoms with Gasteiger partial charge in [-0.1, -0.05) is 5.16 Å². The molecule has 6 nitrogen and oxygen atoms in total. The van der Waals surface area contributed by atoms with E-state index in [1.165, 1.54) is 0 Å². The summed E-state index contributed by atoms with van der Waals surface area (Å²) in [6.45, 7) is 8.64. The molecule has 1 aromatic rings. The molecule has 1 aromatic heterocycles. The zero-order chi connectivity index (χ0) is 15.1. The average molecular weight is 281 g/mol. The second-order valence-corrected chi connectivity index (χ2v) is 4.66. The molecular formula is C14H23N3O3. The number of nitrogens with zero attached hydrogens (tertiary/aromatic N) is 2. The average Bonchev–Trinajstić information content (AvgIpc) is 2.73. The van der Waals surface area contributed by atoms with Gasteiger partial charge in [-0.05, 0) is 34.1 Å². The quantitative estimate of drug-likeness (QED) is 0.815. The Morgan fingerprint density at radius 2 is 2.00 bits per heavy atom. The van der Waals surface area contributed by atoms with Crippen molar-refractivity contribution in [3.8, 4) is 0 Å². The summed E-state index contributed by atoms with van der Waals surface area (Å²) in [5.74, 6) is 0.598. The Labute approximate surface area is 119 Å². The molecule has 0 bridgehead atoms. The van der Waals surface area contributed by atoms with Gasteiger partial charge in [0, 0.05) is 25.1 Å². The van der Waals surface area contributed by atoms with Crippen LogP contribution in [0.5, 0.6) is 0 Å². The van der Waals surface area contributed by atoms with E-state index in [-0.39, 0.29) is 18.4 Å². The predicted molar refractivity (Wildman–Crippen MR) is 75.2 cm³/mol. The molecule has 0 aliphatic rings. The lowest BCUT2D eigenvalue weighted by Gasteiger charge is -2.20. The van der Waals surface area contributed by atoms with Gasteiger partial charge in [0.2, 0.25) is 11.8 Å². The van der Waals surface area contributed by atoms with Crippen LogP contribution in [0.1, 0.15) is 37.3 Å². The van der Waals surface area contributed by atoms with Crippen LogP contribution in [0.25, 0.3) is 0 Å². The minimum atomic E-state index is -0.125. The van der Waals surface area contributed by atoms with E-state index in [9.17, 15) is 9.59 Å². The van der Waals surface area contributed by atoms with Crippen LogP contribution >= 0.6 is 0 Å². The molecule has 1 rings (SSSR count). The summed E-state index contributed by atoms with van der Waals surface area (Å²) in [5.41, 5.74) is 1.80. The molecule has 0 aliphatic heterocycles. The van der Waals surface area contributed by atoms with E-state index < -0.39 is 0 Å². The van der Waals surface area contributed by atoms with Gasteiger partial charge in [0.05, 0.1) is 12.2 Å². The van der Waals surface area contributed by atoms with Crippen molar-refractivity contribution in [1.29, 1.82) is 0 Å². The van der Waals surface area contributed by atoms with Crippen molar-refractivity contribution in [2.75, 3.05) is 19.6 Å². The summed E-state index contributed by atoms with van der Waals surface area (Å²) in [5, 5.41) is 6.56. The van der Waals surface area contributed by atoms with Crippen LogP contribution in [0.15, 0.2) is 4.52 Å². The van der Waals surface area contributed by atoms with E-state index in [0.717, 1.165) is 17.0 Å². The van der Waals surface area contributed by atoms with E-state index >= 15 is 0 Å². The van der Waals surface area contributed by atoms with Crippen LogP contribution < -0.4 is 5.32 Å². The Balaban J connectivity index is 2.53. The van der Waals surface area contributed by atoms with Gasteiger partial charge >= 0.3 is 0 Å². The molecule has 0 fully saturated rings. The Morgan fingerprint density at radius 1 is 1.30 bits per heavy atom. The zero-order valence-corrected chi connectivity index (χ0v) is 12.7. The van der Waals surface area contributed by atoms with Crippen molar-refractivity contribution in [2.24, 2.45) is 0 Å². The fourth-order valence-electron chi connectivity index (χ4n) is 2.05. The Morgan fingerprint density at radius 3 is 2.50 bits per heavy atom. The van der Waals surface area contributed by atoms with E-state index in [4.69, 9.17) is 4.52 Å². The number of aryl methyl sites for hydroxylation is 2. The molecule has 1 heterocycles. The second-order valence-electron chi connectivity index (χ2n) is 4.66. The maximum atomic E-state index is 12.1. The number of amides is 2. The van der Waals surface area contributed by atoms with Crippen molar-refractivity contribution in [2.45, 2.75) is 40.5 Å². The van der Waals surface area contributed by atoms with Crippen molar-refractivity contribution in [3.05, 3.63) is 17.0 Å². The molecule has 0 unspecified atom stereocenters. The minimum Gasteiger partial charge on any atom is -0.361 e. The number of carbonyl (C=O) groups excluding carboxylic acids is 2. The number of hydrogen-bond acceptors (Lipinski definition) is 4. The second kappa shape index (κ2) is 7.67. The predicted octanol–water partition coefficient (Wildman–Crippen LogP) is 1.21. The first-order chi connectivity index (χ1) is 9.49. The van der Waals surface area contributed by atoms with Crippen LogP contribution in [-0.2, 0) is 16.0 Å². The molecule has 0 saturated heterocycles. The van der Waals surface area contributed by atoms with Crippen LogP contribution in [0.3, 0.4) is 0 Å². The van der Waals surface area contributed by atoms with Crippen LogP contribution in [0, 0.1) is 13.8 Å². The maximum Gasteiger partial charge on any atom is 0.239 e. The molecular weight excluding hydrogens is 258 g/mol. The van der Waals surface area contributed by atoms with Gasteiger partial charge < -0.3 is 14.7 Å². The largest absolute Gasteiger partial charge is 0.361 e. The molecule has 0 aliphatic carbocycles. The van der Waals surface area contributed by atoms with Crippen LogP contribution in [0.4, 0.5) is 0 Å². The molecule has 1 N–H and O–H groups in total. The van der Waals surface area contributed by atoms with Gasteiger partial charge in [0.25, 0.3) is 0 Å². The zero-order valence-electron chi connectivity index (χ0n) is 12.7. The van der Waals surface area contributed by atoms with Crippen molar-refractivity contribution in [3.63, 3.8) is 0 Å². The van der Waals surface area contributed by atoms with Crippen LogP contribution in [0.2, 0.25) is 0 Å². The third-order valence-corrected chi connectivity index (χ3v) is 3.21. The van der Waals surface area contributed by atoms with Gasteiger partial charge in [-0.2, -0.15) is 0 Å². The van der Waals surface area contributed by atoms with E-state index in [1.807, 2.05) is 27.7 Å². The third-order valence-electron chi connectivity index (χ3n) is 3.21.